The highest BCUT2D eigenvalue weighted by Crippen LogP contribution is 2.49. The van der Waals surface area contributed by atoms with E-state index in [4.69, 9.17) is 4.65 Å². The smallest absolute Gasteiger partial charge is 0.402 e. The van der Waals surface area contributed by atoms with Gasteiger partial charge in [-0.15, -0.1) is 0 Å². The lowest BCUT2D eigenvalue weighted by atomic mass is 9.63. The van der Waals surface area contributed by atoms with Crippen molar-refractivity contribution < 1.29 is 19.2 Å². The molecule has 0 aliphatic rings. The lowest BCUT2D eigenvalue weighted by Crippen LogP contribution is -2.31. The quantitative estimate of drug-likeness (QED) is 0.0859. The highest BCUT2D eigenvalue weighted by molar-refractivity contribution is 6.32. The molecular weight excluding hydrogens is 529 g/mol. The molecule has 0 aliphatic carbocycles. The molecule has 6 rings (SSSR count). The number of nitrogens with zero attached hydrogens (tertiary/aromatic N) is 1. The number of benzene rings is 6. The molecule has 0 fully saturated rings. The molecule has 0 unspecified atom stereocenters. The highest BCUT2D eigenvalue weighted by atomic mass is 16.6. The van der Waals surface area contributed by atoms with Crippen LogP contribution in [0.5, 0.6) is 0 Å². The van der Waals surface area contributed by atoms with Crippen LogP contribution in [0.4, 0.5) is 0 Å². The molecule has 0 aliphatic heterocycles. The third kappa shape index (κ3) is 6.82. The fraction of sp³-hybridized carbons (Fsp3) is 0.211. The standard InChI is InChI=1S/C34H29BO3.C4H12N/c36-35(37)38-24-10-23-34(31-20-7-14-25-11-1-4-17-28(25)31,32-21-8-15-26-12-2-5-18-29(26)32)33-22-9-16-27-13-3-6-19-30(27)33;1-5(2,3)4/h1-9,11-22,36-37H,10,23-24H2;1-4H3/q;+1. The van der Waals surface area contributed by atoms with Gasteiger partial charge < -0.3 is 19.2 Å². The minimum Gasteiger partial charge on any atom is -0.402 e. The highest BCUT2D eigenvalue weighted by Gasteiger charge is 2.39. The van der Waals surface area contributed by atoms with Crippen LogP contribution in [0.25, 0.3) is 32.3 Å². The van der Waals surface area contributed by atoms with E-state index in [1.54, 1.807) is 0 Å². The second-order valence-corrected chi connectivity index (χ2v) is 12.5. The molecule has 6 aromatic carbocycles. The Bertz CT molecular complexity index is 1610. The van der Waals surface area contributed by atoms with Crippen LogP contribution in [0.2, 0.25) is 0 Å². The van der Waals surface area contributed by atoms with Crippen molar-refractivity contribution in [1.29, 1.82) is 0 Å². The number of quaternary nitrogens is 1. The van der Waals surface area contributed by atoms with Gasteiger partial charge in [-0.3, -0.25) is 0 Å². The predicted octanol–water partition coefficient (Wildman–Crippen LogP) is 7.57. The van der Waals surface area contributed by atoms with Gasteiger partial charge in [0.05, 0.1) is 28.2 Å². The summed E-state index contributed by atoms with van der Waals surface area (Å²) in [6, 6.07) is 45.4. The second-order valence-electron chi connectivity index (χ2n) is 12.5. The van der Waals surface area contributed by atoms with Gasteiger partial charge in [0.1, 0.15) is 0 Å². The maximum absolute atomic E-state index is 9.39. The van der Waals surface area contributed by atoms with E-state index in [0.717, 1.165) is 10.9 Å². The van der Waals surface area contributed by atoms with E-state index in [1.165, 1.54) is 49.0 Å². The molecule has 0 radical (unpaired) electrons. The lowest BCUT2D eigenvalue weighted by Gasteiger charge is -2.39. The first-order valence-electron chi connectivity index (χ1n) is 14.9. The number of hydrogen-bond donors (Lipinski definition) is 2. The Labute approximate surface area is 255 Å². The maximum atomic E-state index is 9.39. The molecule has 0 bridgehead atoms. The molecule has 43 heavy (non-hydrogen) atoms. The largest absolute Gasteiger partial charge is 0.633 e. The SMILES string of the molecule is C[N+](C)(C)C.OB(O)OCCCC(c1cccc2ccccc12)(c1cccc2ccccc12)c1cccc2ccccc12. The van der Waals surface area contributed by atoms with Crippen molar-refractivity contribution in [2.75, 3.05) is 34.8 Å². The summed E-state index contributed by atoms with van der Waals surface area (Å²) in [5.74, 6) is 0. The molecule has 0 saturated heterocycles. The lowest BCUT2D eigenvalue weighted by molar-refractivity contribution is -0.849. The zero-order valence-electron chi connectivity index (χ0n) is 25.6. The Balaban J connectivity index is 0.000000682. The molecule has 0 atom stereocenters. The van der Waals surface area contributed by atoms with Crippen molar-refractivity contribution in [1.82, 2.24) is 0 Å². The Kier molecular flexibility index (Phi) is 9.29. The van der Waals surface area contributed by atoms with Crippen LogP contribution < -0.4 is 0 Å². The minimum atomic E-state index is -1.78. The minimum absolute atomic E-state index is 0.236. The van der Waals surface area contributed by atoms with Gasteiger partial charge in [0.2, 0.25) is 0 Å². The average Bonchev–Trinajstić information content (AvgIpc) is 3.00. The van der Waals surface area contributed by atoms with E-state index in [2.05, 4.69) is 156 Å². The summed E-state index contributed by atoms with van der Waals surface area (Å²) in [5, 5.41) is 26.0. The van der Waals surface area contributed by atoms with Crippen LogP contribution in [0.3, 0.4) is 0 Å². The van der Waals surface area contributed by atoms with E-state index in [0.29, 0.717) is 6.42 Å². The first-order valence-corrected chi connectivity index (χ1v) is 14.9. The van der Waals surface area contributed by atoms with Crippen molar-refractivity contribution in [3.8, 4) is 0 Å². The second kappa shape index (κ2) is 13.1. The number of fused-ring (bicyclic) bond motifs is 3. The third-order valence-corrected chi connectivity index (χ3v) is 7.71. The molecule has 5 heteroatoms. The average molecular weight is 571 g/mol. The molecule has 2 N–H and O–H groups in total. The summed E-state index contributed by atoms with van der Waals surface area (Å²) in [5.41, 5.74) is 3.15. The van der Waals surface area contributed by atoms with Gasteiger partial charge in [0.25, 0.3) is 0 Å². The van der Waals surface area contributed by atoms with Crippen LogP contribution in [0.15, 0.2) is 127 Å². The van der Waals surface area contributed by atoms with Gasteiger partial charge in [-0.1, -0.05) is 127 Å². The van der Waals surface area contributed by atoms with Crippen LogP contribution in [0, 0.1) is 0 Å². The van der Waals surface area contributed by atoms with E-state index in [-0.39, 0.29) is 6.61 Å². The molecule has 0 saturated carbocycles. The summed E-state index contributed by atoms with van der Waals surface area (Å²) >= 11 is 0. The van der Waals surface area contributed by atoms with E-state index in [9.17, 15) is 10.0 Å². The summed E-state index contributed by atoms with van der Waals surface area (Å²) < 4.78 is 6.22. The van der Waals surface area contributed by atoms with Gasteiger partial charge in [-0.2, -0.15) is 0 Å². The Hall–Kier alpha value is -4.00. The molecular formula is C38H41BNO3+. The van der Waals surface area contributed by atoms with Crippen LogP contribution in [-0.2, 0) is 10.1 Å². The number of rotatable bonds is 8. The fourth-order valence-corrected chi connectivity index (χ4v) is 6.16. The molecule has 218 valence electrons. The predicted molar refractivity (Wildman–Crippen MR) is 181 cm³/mol. The zero-order valence-corrected chi connectivity index (χ0v) is 25.6. The van der Waals surface area contributed by atoms with Gasteiger partial charge in [-0.25, -0.2) is 0 Å². The van der Waals surface area contributed by atoms with E-state index >= 15 is 0 Å². The van der Waals surface area contributed by atoms with Crippen molar-refractivity contribution in [3.63, 3.8) is 0 Å². The summed E-state index contributed by atoms with van der Waals surface area (Å²) in [6.07, 6.45) is 1.35. The molecule has 0 amide bonds. The Morgan fingerprint density at radius 2 is 0.860 bits per heavy atom. The van der Waals surface area contributed by atoms with Gasteiger partial charge in [0.15, 0.2) is 0 Å². The monoisotopic (exact) mass is 570 g/mol. The number of hydrogen-bond acceptors (Lipinski definition) is 3. The van der Waals surface area contributed by atoms with Gasteiger partial charge >= 0.3 is 7.32 Å². The van der Waals surface area contributed by atoms with Crippen LogP contribution in [-0.4, -0.2) is 56.6 Å². The van der Waals surface area contributed by atoms with E-state index < -0.39 is 12.7 Å². The molecule has 6 aromatic rings. The molecule has 4 nitrogen and oxygen atoms in total. The normalized spacial score (nSPS) is 11.9. The van der Waals surface area contributed by atoms with Crippen molar-refractivity contribution in [2.45, 2.75) is 18.3 Å². The summed E-state index contributed by atoms with van der Waals surface area (Å²) in [4.78, 5) is 0. The maximum Gasteiger partial charge on any atom is 0.633 e. The summed E-state index contributed by atoms with van der Waals surface area (Å²) in [7, 11) is 6.72. The van der Waals surface area contributed by atoms with Crippen molar-refractivity contribution >= 4 is 39.6 Å². The van der Waals surface area contributed by atoms with Crippen molar-refractivity contribution in [3.05, 3.63) is 144 Å². The van der Waals surface area contributed by atoms with Gasteiger partial charge in [-0.05, 0) is 61.8 Å². The summed E-state index contributed by atoms with van der Waals surface area (Å²) in [6.45, 7) is 0.236. The first kappa shape index (κ1) is 30.5. The molecule has 0 spiro atoms. The van der Waals surface area contributed by atoms with Gasteiger partial charge in [0, 0.05) is 12.0 Å². The van der Waals surface area contributed by atoms with Crippen molar-refractivity contribution in [2.24, 2.45) is 0 Å². The topological polar surface area (TPSA) is 49.7 Å². The van der Waals surface area contributed by atoms with E-state index in [1.807, 2.05) is 0 Å². The Morgan fingerprint density at radius 3 is 1.21 bits per heavy atom. The van der Waals surface area contributed by atoms with Crippen LogP contribution in [0.1, 0.15) is 29.5 Å². The molecule has 0 heterocycles. The zero-order chi connectivity index (χ0) is 30.5. The Morgan fingerprint density at radius 1 is 0.535 bits per heavy atom. The fourth-order valence-electron chi connectivity index (χ4n) is 6.16. The molecule has 0 aromatic heterocycles. The van der Waals surface area contributed by atoms with Crippen LogP contribution >= 0.6 is 0 Å². The third-order valence-electron chi connectivity index (χ3n) is 7.71. The first-order chi connectivity index (χ1) is 20.7.